The smallest absolute Gasteiger partial charge is 0.416 e. The molecule has 0 saturated carbocycles. The van der Waals surface area contributed by atoms with E-state index in [9.17, 15) is 26.4 Å². The molecule has 1 aromatic heterocycles. The van der Waals surface area contributed by atoms with Gasteiger partial charge in [-0.15, -0.1) is 0 Å². The molecule has 0 spiro atoms. The van der Waals surface area contributed by atoms with E-state index in [2.05, 4.69) is 4.98 Å². The van der Waals surface area contributed by atoms with Crippen molar-refractivity contribution in [1.29, 1.82) is 0 Å². The predicted molar refractivity (Wildman–Crippen MR) is 123 cm³/mol. The number of anilines is 2. The van der Waals surface area contributed by atoms with Crippen molar-refractivity contribution in [2.75, 3.05) is 49.1 Å². The van der Waals surface area contributed by atoms with Crippen molar-refractivity contribution in [3.63, 3.8) is 0 Å². The second-order valence-electron chi connectivity index (χ2n) is 8.46. The number of halogens is 4. The molecule has 2 unspecified atom stereocenters. The Morgan fingerprint density at radius 3 is 2.53 bits per heavy atom. The molecule has 10 nitrogen and oxygen atoms in total. The minimum absolute atomic E-state index is 0.0223. The van der Waals surface area contributed by atoms with Gasteiger partial charge in [-0.3, -0.25) is 4.90 Å². The summed E-state index contributed by atoms with van der Waals surface area (Å²) >= 11 is 5.78. The van der Waals surface area contributed by atoms with Crippen molar-refractivity contribution in [3.8, 4) is 5.75 Å². The summed E-state index contributed by atoms with van der Waals surface area (Å²) in [4.78, 5) is 19.2. The number of aromatic nitrogens is 1. The molecule has 3 aliphatic rings. The molecule has 2 N–H and O–H groups in total. The van der Waals surface area contributed by atoms with Crippen LogP contribution in [0.4, 0.5) is 29.5 Å². The summed E-state index contributed by atoms with van der Waals surface area (Å²) in [5, 5.41) is -0.300. The third-order valence-electron chi connectivity index (χ3n) is 6.35. The van der Waals surface area contributed by atoms with Gasteiger partial charge in [0.05, 0.1) is 16.1 Å². The zero-order valence-corrected chi connectivity index (χ0v) is 20.2. The number of carbonyl (C=O) groups is 1. The van der Waals surface area contributed by atoms with Crippen molar-refractivity contribution in [1.82, 2.24) is 9.29 Å². The zero-order chi connectivity index (χ0) is 25.8. The highest BCUT2D eigenvalue weighted by molar-refractivity contribution is 7.89. The number of rotatable bonds is 4. The van der Waals surface area contributed by atoms with Gasteiger partial charge in [-0.2, -0.15) is 17.5 Å². The van der Waals surface area contributed by atoms with E-state index in [1.807, 2.05) is 0 Å². The van der Waals surface area contributed by atoms with Crippen LogP contribution in [0.25, 0.3) is 0 Å². The van der Waals surface area contributed by atoms with E-state index < -0.39 is 40.0 Å². The number of sulfonamides is 1. The number of nitrogens with two attached hydrogens (primary N) is 1. The summed E-state index contributed by atoms with van der Waals surface area (Å²) in [7, 11) is -3.95. The molecule has 0 bridgehead atoms. The number of benzene rings is 1. The quantitative estimate of drug-likeness (QED) is 0.579. The first kappa shape index (κ1) is 24.9. The van der Waals surface area contributed by atoms with Gasteiger partial charge in [0.25, 0.3) is 0 Å². The van der Waals surface area contributed by atoms with Gasteiger partial charge in [-0.05, 0) is 24.3 Å². The van der Waals surface area contributed by atoms with E-state index in [0.29, 0.717) is 5.69 Å². The van der Waals surface area contributed by atoms with Crippen LogP contribution in [0, 0.1) is 0 Å². The van der Waals surface area contributed by atoms with Gasteiger partial charge >= 0.3 is 12.3 Å². The largest absolute Gasteiger partial charge is 0.489 e. The van der Waals surface area contributed by atoms with Crippen LogP contribution in [0.5, 0.6) is 5.75 Å². The van der Waals surface area contributed by atoms with Gasteiger partial charge < -0.3 is 20.1 Å². The van der Waals surface area contributed by atoms with Crippen molar-refractivity contribution < 1.29 is 35.9 Å². The number of amides is 1. The molecule has 5 rings (SSSR count). The van der Waals surface area contributed by atoms with E-state index in [0.717, 1.165) is 12.1 Å². The monoisotopic (exact) mass is 547 g/mol. The Labute approximate surface area is 209 Å². The third-order valence-corrected chi connectivity index (χ3v) is 8.44. The fourth-order valence-corrected chi connectivity index (χ4v) is 6.13. The number of cyclic esters (lactones) is 1. The van der Waals surface area contributed by atoms with Gasteiger partial charge in [-0.25, -0.2) is 18.2 Å². The van der Waals surface area contributed by atoms with E-state index in [1.54, 1.807) is 4.90 Å². The summed E-state index contributed by atoms with van der Waals surface area (Å²) in [5.74, 6) is 0.250. The first-order valence-electron chi connectivity index (χ1n) is 11.0. The normalized spacial score (nSPS) is 22.6. The van der Waals surface area contributed by atoms with Gasteiger partial charge in [0.15, 0.2) is 0 Å². The van der Waals surface area contributed by atoms with Crippen LogP contribution in [0.1, 0.15) is 5.56 Å². The van der Waals surface area contributed by atoms with E-state index in [1.165, 1.54) is 27.4 Å². The fourth-order valence-electron chi connectivity index (χ4n) is 4.49. The Morgan fingerprint density at radius 2 is 1.86 bits per heavy atom. The van der Waals surface area contributed by atoms with Crippen LogP contribution in [0.15, 0.2) is 35.2 Å². The van der Waals surface area contributed by atoms with E-state index >= 15 is 0 Å². The number of ether oxygens (including phenoxy) is 2. The number of fused-ring (bicyclic) bond motifs is 3. The molecule has 36 heavy (non-hydrogen) atoms. The third kappa shape index (κ3) is 4.31. The first-order chi connectivity index (χ1) is 17.0. The molecule has 1 aromatic carbocycles. The summed E-state index contributed by atoms with van der Waals surface area (Å²) in [6.45, 7) is 0.519. The second-order valence-corrected chi connectivity index (χ2v) is 10.8. The summed E-state index contributed by atoms with van der Waals surface area (Å²) < 4.78 is 78.2. The molecule has 2 atom stereocenters. The highest BCUT2D eigenvalue weighted by Gasteiger charge is 2.46. The number of pyridine rings is 1. The van der Waals surface area contributed by atoms with Crippen LogP contribution in [0.2, 0.25) is 5.15 Å². The summed E-state index contributed by atoms with van der Waals surface area (Å²) in [5.41, 5.74) is 5.12. The molecule has 15 heteroatoms. The predicted octanol–water partition coefficient (Wildman–Crippen LogP) is 2.31. The molecule has 0 aliphatic carbocycles. The van der Waals surface area contributed by atoms with Crippen molar-refractivity contribution in [2.45, 2.75) is 23.2 Å². The summed E-state index contributed by atoms with van der Waals surface area (Å²) in [6.07, 6.45) is -5.68. The molecule has 1 amide bonds. The molecule has 2 aromatic rings. The lowest BCUT2D eigenvalue weighted by Gasteiger charge is -2.35. The average molecular weight is 548 g/mol. The van der Waals surface area contributed by atoms with Gasteiger partial charge in [-0.1, -0.05) is 11.6 Å². The number of hydrogen-bond donors (Lipinski definition) is 1. The maximum atomic E-state index is 13.3. The van der Waals surface area contributed by atoms with Crippen LogP contribution in [-0.4, -0.2) is 75.3 Å². The molecule has 194 valence electrons. The lowest BCUT2D eigenvalue weighted by atomic mass is 10.1. The Hall–Kier alpha value is -2.81. The van der Waals surface area contributed by atoms with Crippen molar-refractivity contribution in [2.24, 2.45) is 5.73 Å². The van der Waals surface area contributed by atoms with E-state index in [-0.39, 0.29) is 60.9 Å². The molecule has 2 fully saturated rings. The van der Waals surface area contributed by atoms with Crippen LogP contribution >= 0.6 is 11.6 Å². The highest BCUT2D eigenvalue weighted by Crippen LogP contribution is 2.40. The Morgan fingerprint density at radius 1 is 1.14 bits per heavy atom. The standard InChI is InChI=1S/C21H21ClF3N5O5S/c22-18-7-12(21(23,24)25)8-19(27-18)28-3-5-29(6-4-28)36(32,33)13-1-2-14-16(9-13)34-11-15-17(10-26)35-20(31)30(14)15/h1-2,7-9,15,17H,3-6,10-11,26H2. The number of hydrogen-bond acceptors (Lipinski definition) is 8. The van der Waals surface area contributed by atoms with Crippen LogP contribution in [0.3, 0.4) is 0 Å². The molecule has 0 radical (unpaired) electrons. The number of nitrogens with zero attached hydrogens (tertiary/aromatic N) is 4. The lowest BCUT2D eigenvalue weighted by Crippen LogP contribution is -2.49. The maximum absolute atomic E-state index is 13.3. The molecule has 2 saturated heterocycles. The molecule has 3 aliphatic heterocycles. The van der Waals surface area contributed by atoms with Gasteiger partial charge in [0.1, 0.15) is 35.5 Å². The van der Waals surface area contributed by atoms with E-state index in [4.69, 9.17) is 26.8 Å². The number of carbonyl (C=O) groups excluding carboxylic acids is 1. The maximum Gasteiger partial charge on any atom is 0.416 e. The average Bonchev–Trinajstić information content (AvgIpc) is 3.18. The Bertz CT molecular complexity index is 1300. The molecular formula is C21H21ClF3N5O5S. The minimum Gasteiger partial charge on any atom is -0.489 e. The van der Waals surface area contributed by atoms with Gasteiger partial charge in [0, 0.05) is 38.8 Å². The van der Waals surface area contributed by atoms with Crippen LogP contribution < -0.4 is 20.3 Å². The lowest BCUT2D eigenvalue weighted by molar-refractivity contribution is -0.137. The zero-order valence-electron chi connectivity index (χ0n) is 18.6. The fraction of sp³-hybridized carbons (Fsp3) is 0.429. The Kier molecular flexibility index (Phi) is 6.17. The first-order valence-corrected chi connectivity index (χ1v) is 12.8. The minimum atomic E-state index is -4.59. The number of alkyl halides is 3. The van der Waals surface area contributed by atoms with Gasteiger partial charge in [0.2, 0.25) is 10.0 Å². The SMILES string of the molecule is NCC1OC(=O)N2c3ccc(S(=O)(=O)N4CCN(c5cc(C(F)(F)F)cc(Cl)n5)CC4)cc3OCC12. The van der Waals surface area contributed by atoms with Crippen molar-refractivity contribution >= 4 is 39.2 Å². The van der Waals surface area contributed by atoms with Crippen molar-refractivity contribution in [3.05, 3.63) is 41.0 Å². The topological polar surface area (TPSA) is 118 Å². The highest BCUT2D eigenvalue weighted by atomic mass is 35.5. The Balaban J connectivity index is 1.32. The molecule has 4 heterocycles. The number of piperazine rings is 1. The van der Waals surface area contributed by atoms with Crippen LogP contribution in [-0.2, 0) is 20.9 Å². The second kappa shape index (κ2) is 8.94. The summed E-state index contributed by atoms with van der Waals surface area (Å²) in [6, 6.07) is 5.45. The molecular weight excluding hydrogens is 527 g/mol.